The third-order valence-corrected chi connectivity index (χ3v) is 12.9. The van der Waals surface area contributed by atoms with E-state index in [1.807, 2.05) is 11.3 Å². The zero-order valence-electron chi connectivity index (χ0n) is 32.5. The summed E-state index contributed by atoms with van der Waals surface area (Å²) >= 11 is 1.84. The molecular formula is C56H36N2OS. The Morgan fingerprint density at radius 2 is 0.833 bits per heavy atom. The third-order valence-electron chi connectivity index (χ3n) is 11.8. The Balaban J connectivity index is 1.13. The molecule has 0 saturated heterocycles. The van der Waals surface area contributed by atoms with Gasteiger partial charge in [0.1, 0.15) is 5.58 Å². The van der Waals surface area contributed by atoms with Gasteiger partial charge in [-0.25, -0.2) is 0 Å². The molecule has 0 saturated carbocycles. The molecule has 12 aromatic rings. The molecule has 282 valence electrons. The minimum atomic E-state index is 0.860. The van der Waals surface area contributed by atoms with Crippen molar-refractivity contribution < 1.29 is 4.42 Å². The summed E-state index contributed by atoms with van der Waals surface area (Å²) < 4.78 is 9.35. The summed E-state index contributed by atoms with van der Waals surface area (Å²) in [5.41, 5.74) is 10.6. The van der Waals surface area contributed by atoms with Crippen molar-refractivity contribution in [3.05, 3.63) is 218 Å². The van der Waals surface area contributed by atoms with Crippen LogP contribution in [-0.4, -0.2) is 0 Å². The normalized spacial score (nSPS) is 11.7. The van der Waals surface area contributed by atoms with Crippen LogP contribution in [0.2, 0.25) is 0 Å². The molecule has 2 heterocycles. The van der Waals surface area contributed by atoms with E-state index in [1.54, 1.807) is 0 Å². The summed E-state index contributed by atoms with van der Waals surface area (Å²) in [4.78, 5) is 4.85. The van der Waals surface area contributed by atoms with Crippen molar-refractivity contribution in [3.63, 3.8) is 0 Å². The lowest BCUT2D eigenvalue weighted by molar-refractivity contribution is 0.669. The molecule has 0 spiro atoms. The minimum absolute atomic E-state index is 0.860. The zero-order valence-corrected chi connectivity index (χ0v) is 33.3. The first-order valence-corrected chi connectivity index (χ1v) is 21.2. The third kappa shape index (κ3) is 5.57. The van der Waals surface area contributed by atoms with E-state index in [4.69, 9.17) is 4.42 Å². The molecule has 0 radical (unpaired) electrons. The number of hydrogen-bond donors (Lipinski definition) is 0. The topological polar surface area (TPSA) is 19.6 Å². The summed E-state index contributed by atoms with van der Waals surface area (Å²) in [6.45, 7) is 0. The fraction of sp³-hybridized carbons (Fsp3) is 0. The molecule has 0 atom stereocenters. The van der Waals surface area contributed by atoms with Crippen molar-refractivity contribution in [1.82, 2.24) is 0 Å². The SMILES string of the molecule is c1ccc(-c2ccc(N(c3cccc4ccccc34)c3cccc4sc5cccc(N(c6ccccc6)c6cccc7c6oc6cc8ccccc8cc67)c5c34)cc2)cc1. The molecule has 60 heavy (non-hydrogen) atoms. The fourth-order valence-corrected chi connectivity index (χ4v) is 10.2. The average Bonchev–Trinajstić information content (AvgIpc) is 3.89. The molecule has 3 nitrogen and oxygen atoms in total. The molecule has 0 aliphatic rings. The number of anilines is 6. The lowest BCUT2D eigenvalue weighted by Gasteiger charge is -2.29. The Kier molecular flexibility index (Phi) is 8.03. The molecule has 0 amide bonds. The molecule has 4 heteroatoms. The number of hydrogen-bond acceptors (Lipinski definition) is 4. The largest absolute Gasteiger partial charge is 0.454 e. The summed E-state index contributed by atoms with van der Waals surface area (Å²) in [6.07, 6.45) is 0. The van der Waals surface area contributed by atoms with Gasteiger partial charge in [0.2, 0.25) is 0 Å². The lowest BCUT2D eigenvalue weighted by Crippen LogP contribution is -2.12. The second-order valence-electron chi connectivity index (χ2n) is 15.3. The van der Waals surface area contributed by atoms with Crippen LogP contribution in [0.3, 0.4) is 0 Å². The Morgan fingerprint density at radius 1 is 0.333 bits per heavy atom. The van der Waals surface area contributed by atoms with Crippen molar-refractivity contribution in [3.8, 4) is 11.1 Å². The monoisotopic (exact) mass is 784 g/mol. The van der Waals surface area contributed by atoms with Gasteiger partial charge in [-0.1, -0.05) is 146 Å². The van der Waals surface area contributed by atoms with E-state index in [0.717, 1.165) is 61.4 Å². The van der Waals surface area contributed by atoms with Crippen LogP contribution in [0.5, 0.6) is 0 Å². The van der Waals surface area contributed by atoms with Gasteiger partial charge in [0.05, 0.1) is 22.7 Å². The number of benzene rings is 10. The van der Waals surface area contributed by atoms with Gasteiger partial charge >= 0.3 is 0 Å². The van der Waals surface area contributed by atoms with Crippen molar-refractivity contribution in [2.45, 2.75) is 0 Å². The van der Waals surface area contributed by atoms with E-state index in [0.29, 0.717) is 0 Å². The van der Waals surface area contributed by atoms with Crippen LogP contribution in [0.1, 0.15) is 0 Å². The average molecular weight is 785 g/mol. The number of fused-ring (bicyclic) bond motifs is 8. The van der Waals surface area contributed by atoms with Gasteiger partial charge in [0.25, 0.3) is 0 Å². The Hall–Kier alpha value is -7.66. The van der Waals surface area contributed by atoms with Crippen LogP contribution in [-0.2, 0) is 0 Å². The van der Waals surface area contributed by atoms with Crippen molar-refractivity contribution >= 4 is 109 Å². The molecule has 2 aromatic heterocycles. The molecule has 0 bridgehead atoms. The number of furan rings is 1. The first-order chi connectivity index (χ1) is 29.8. The molecule has 0 fully saturated rings. The van der Waals surface area contributed by atoms with Crippen LogP contribution in [0.25, 0.3) is 74.8 Å². The van der Waals surface area contributed by atoms with Crippen LogP contribution >= 0.6 is 11.3 Å². The second-order valence-corrected chi connectivity index (χ2v) is 16.4. The van der Waals surface area contributed by atoms with Gasteiger partial charge < -0.3 is 14.2 Å². The summed E-state index contributed by atoms with van der Waals surface area (Å²) in [5, 5.41) is 9.37. The van der Waals surface area contributed by atoms with E-state index < -0.39 is 0 Å². The zero-order chi connectivity index (χ0) is 39.6. The Labute approximate surface area is 351 Å². The number of rotatable bonds is 7. The smallest absolute Gasteiger partial charge is 0.159 e. The molecule has 12 rings (SSSR count). The molecular weight excluding hydrogens is 749 g/mol. The maximum atomic E-state index is 6.91. The molecule has 0 N–H and O–H groups in total. The number of thiophene rings is 1. The fourth-order valence-electron chi connectivity index (χ4n) is 9.08. The standard InChI is InChI=1S/C56H36N2OS/c1-3-15-37(16-4-1)38-31-33-43(34-32-38)57(47-25-11-20-39-17-9-10-23-44(39)47)48-26-13-29-52-54(48)55-49(27-14-30-53(55)60-52)58(42-21-5-2-6-22-42)50-28-12-24-45-46-35-40-18-7-8-19-41(40)36-51(46)59-56(45)50/h1-36H. The maximum Gasteiger partial charge on any atom is 0.159 e. The van der Waals surface area contributed by atoms with Gasteiger partial charge in [0.15, 0.2) is 5.58 Å². The highest BCUT2D eigenvalue weighted by molar-refractivity contribution is 7.26. The Morgan fingerprint density at radius 3 is 1.57 bits per heavy atom. The van der Waals surface area contributed by atoms with E-state index in [9.17, 15) is 0 Å². The van der Waals surface area contributed by atoms with E-state index in [-0.39, 0.29) is 0 Å². The summed E-state index contributed by atoms with van der Waals surface area (Å²) in [7, 11) is 0. The van der Waals surface area contributed by atoms with Gasteiger partial charge in [-0.3, -0.25) is 0 Å². The highest BCUT2D eigenvalue weighted by Gasteiger charge is 2.26. The molecule has 0 aliphatic heterocycles. The van der Waals surface area contributed by atoms with E-state index in [2.05, 4.69) is 228 Å². The first kappa shape index (κ1) is 34.4. The van der Waals surface area contributed by atoms with Crippen molar-refractivity contribution in [2.24, 2.45) is 0 Å². The van der Waals surface area contributed by atoms with Gasteiger partial charge in [-0.2, -0.15) is 0 Å². The maximum absolute atomic E-state index is 6.91. The molecule has 0 unspecified atom stereocenters. The Bertz CT molecular complexity index is 3550. The second kappa shape index (κ2) is 14.0. The van der Waals surface area contributed by atoms with Crippen LogP contribution in [0.4, 0.5) is 34.1 Å². The van der Waals surface area contributed by atoms with Crippen molar-refractivity contribution in [1.29, 1.82) is 0 Å². The van der Waals surface area contributed by atoms with E-state index >= 15 is 0 Å². The van der Waals surface area contributed by atoms with Crippen molar-refractivity contribution in [2.75, 3.05) is 9.80 Å². The predicted molar refractivity (Wildman–Crippen MR) is 256 cm³/mol. The first-order valence-electron chi connectivity index (χ1n) is 20.3. The van der Waals surface area contributed by atoms with Crippen LogP contribution in [0.15, 0.2) is 223 Å². The summed E-state index contributed by atoms with van der Waals surface area (Å²) in [5.74, 6) is 0. The lowest BCUT2D eigenvalue weighted by atomic mass is 10.0. The molecule has 0 aliphatic carbocycles. The van der Waals surface area contributed by atoms with Gasteiger partial charge in [-0.05, 0) is 100 Å². The number of nitrogens with zero attached hydrogens (tertiary/aromatic N) is 2. The van der Waals surface area contributed by atoms with E-state index in [1.165, 1.54) is 47.5 Å². The quantitative estimate of drug-likeness (QED) is 0.160. The summed E-state index contributed by atoms with van der Waals surface area (Å²) in [6, 6.07) is 78.6. The minimum Gasteiger partial charge on any atom is -0.454 e. The van der Waals surface area contributed by atoms with Crippen LogP contribution < -0.4 is 9.80 Å². The van der Waals surface area contributed by atoms with Gasteiger partial charge in [0, 0.05) is 47.7 Å². The highest BCUT2D eigenvalue weighted by atomic mass is 32.1. The highest BCUT2D eigenvalue weighted by Crippen LogP contribution is 2.52. The molecule has 10 aromatic carbocycles. The van der Waals surface area contributed by atoms with Crippen LogP contribution in [0, 0.1) is 0 Å². The number of para-hydroxylation sites is 2. The predicted octanol–water partition coefficient (Wildman–Crippen LogP) is 16.9. The van der Waals surface area contributed by atoms with Gasteiger partial charge in [-0.15, -0.1) is 11.3 Å².